The van der Waals surface area contributed by atoms with Crippen molar-refractivity contribution in [1.29, 1.82) is 0 Å². The number of nitrogens with zero attached hydrogens (tertiary/aromatic N) is 2. The molecule has 1 aliphatic carbocycles. The molecule has 0 spiro atoms. The summed E-state index contributed by atoms with van der Waals surface area (Å²) in [7, 11) is 1.59. The third-order valence-electron chi connectivity index (χ3n) is 8.47. The van der Waals surface area contributed by atoms with Crippen LogP contribution in [0.2, 0.25) is 0 Å². The van der Waals surface area contributed by atoms with Gasteiger partial charge < -0.3 is 19.3 Å². The number of fused-ring (bicyclic) bond motifs is 1. The summed E-state index contributed by atoms with van der Waals surface area (Å²) >= 11 is 0. The molecule has 0 aromatic heterocycles. The van der Waals surface area contributed by atoms with Crippen LogP contribution < -0.4 is 14.2 Å². The van der Waals surface area contributed by atoms with Crippen molar-refractivity contribution in [3.63, 3.8) is 0 Å². The van der Waals surface area contributed by atoms with Crippen molar-refractivity contribution in [3.05, 3.63) is 53.1 Å². The quantitative estimate of drug-likeness (QED) is 0.392. The van der Waals surface area contributed by atoms with Crippen molar-refractivity contribution in [3.8, 4) is 17.2 Å². The number of methoxy groups -OCH3 is 1. The fraction of sp³-hybridized carbons (Fsp3) is 0.516. The predicted octanol–water partition coefficient (Wildman–Crippen LogP) is 4.22. The molecule has 0 radical (unpaired) electrons. The highest BCUT2D eigenvalue weighted by atomic mass is 16.5. The van der Waals surface area contributed by atoms with E-state index in [9.17, 15) is 19.5 Å². The summed E-state index contributed by atoms with van der Waals surface area (Å²) in [4.78, 5) is 39.0. The van der Waals surface area contributed by atoms with Gasteiger partial charge in [-0.25, -0.2) is 0 Å². The van der Waals surface area contributed by atoms with Gasteiger partial charge in [0, 0.05) is 38.4 Å². The number of hydrogen-bond donors (Lipinski definition) is 1. The molecule has 9 heteroatoms. The Morgan fingerprint density at radius 1 is 1.10 bits per heavy atom. The van der Waals surface area contributed by atoms with E-state index in [1.165, 1.54) is 16.0 Å². The number of aliphatic carboxylic acids is 1. The average molecular weight is 551 g/mol. The van der Waals surface area contributed by atoms with Gasteiger partial charge in [0.05, 0.1) is 26.2 Å². The molecule has 2 heterocycles. The van der Waals surface area contributed by atoms with Gasteiger partial charge in [-0.1, -0.05) is 18.2 Å². The van der Waals surface area contributed by atoms with E-state index in [-0.39, 0.29) is 49.8 Å². The van der Waals surface area contributed by atoms with Crippen LogP contribution in [0.1, 0.15) is 61.8 Å². The molecule has 2 aromatic carbocycles. The molecular weight excluding hydrogens is 512 g/mol. The van der Waals surface area contributed by atoms with E-state index in [4.69, 9.17) is 14.2 Å². The van der Waals surface area contributed by atoms with Gasteiger partial charge in [0.15, 0.2) is 11.5 Å². The van der Waals surface area contributed by atoms with Crippen LogP contribution in [0.15, 0.2) is 36.4 Å². The maximum Gasteiger partial charge on any atom is 0.306 e. The maximum atomic E-state index is 11.9. The number of likely N-dealkylation sites (tertiary alicyclic amines) is 1. The fourth-order valence-corrected chi connectivity index (χ4v) is 6.12. The van der Waals surface area contributed by atoms with Gasteiger partial charge in [0.2, 0.25) is 11.8 Å². The lowest BCUT2D eigenvalue weighted by molar-refractivity contribution is -0.142. The largest absolute Gasteiger partial charge is 0.493 e. The fourth-order valence-electron chi connectivity index (χ4n) is 6.12. The van der Waals surface area contributed by atoms with E-state index >= 15 is 0 Å². The van der Waals surface area contributed by atoms with E-state index in [0.717, 1.165) is 37.1 Å². The number of amides is 2. The Kier molecular flexibility index (Phi) is 8.59. The molecule has 1 saturated carbocycles. The number of rotatable bonds is 12. The molecule has 214 valence electrons. The molecule has 5 rings (SSSR count). The Balaban J connectivity index is 1.30. The maximum absolute atomic E-state index is 11.9. The van der Waals surface area contributed by atoms with Gasteiger partial charge in [0.1, 0.15) is 12.4 Å². The highest BCUT2D eigenvalue weighted by Gasteiger charge is 2.32. The van der Waals surface area contributed by atoms with Crippen LogP contribution in [0.5, 0.6) is 17.2 Å². The Hall–Kier alpha value is -3.59. The summed E-state index contributed by atoms with van der Waals surface area (Å²) in [6, 6.07) is 12.4. The van der Waals surface area contributed by atoms with Crippen molar-refractivity contribution in [2.45, 2.75) is 58.0 Å². The third kappa shape index (κ3) is 6.25. The van der Waals surface area contributed by atoms with E-state index in [2.05, 4.69) is 30.0 Å². The topological polar surface area (TPSA) is 106 Å². The lowest BCUT2D eigenvalue weighted by Crippen LogP contribution is -2.33. The van der Waals surface area contributed by atoms with Crippen LogP contribution >= 0.6 is 0 Å². The lowest BCUT2D eigenvalue weighted by atomic mass is 9.99. The van der Waals surface area contributed by atoms with E-state index in [1.54, 1.807) is 7.11 Å². The summed E-state index contributed by atoms with van der Waals surface area (Å²) < 4.78 is 17.2. The van der Waals surface area contributed by atoms with E-state index < -0.39 is 5.97 Å². The molecule has 1 N–H and O–H groups in total. The van der Waals surface area contributed by atoms with E-state index in [1.807, 2.05) is 18.2 Å². The Labute approximate surface area is 235 Å². The molecule has 2 aliphatic heterocycles. The zero-order chi connectivity index (χ0) is 28.2. The van der Waals surface area contributed by atoms with Crippen molar-refractivity contribution < 1.29 is 33.7 Å². The van der Waals surface area contributed by atoms with Crippen LogP contribution in [0.25, 0.3) is 0 Å². The predicted molar refractivity (Wildman–Crippen MR) is 147 cm³/mol. The molecule has 40 heavy (non-hydrogen) atoms. The number of carbonyl (C=O) groups excluding carboxylic acids is 2. The zero-order valence-electron chi connectivity index (χ0n) is 23.3. The first-order valence-corrected chi connectivity index (χ1v) is 14.2. The highest BCUT2D eigenvalue weighted by molar-refractivity contribution is 6.01. The summed E-state index contributed by atoms with van der Waals surface area (Å²) in [5.74, 6) is 1.16. The molecule has 1 saturated heterocycles. The minimum absolute atomic E-state index is 0.118. The molecular formula is C31H38N2O7. The Bertz CT molecular complexity index is 1250. The van der Waals surface area contributed by atoms with Gasteiger partial charge in [-0.15, -0.1) is 0 Å². The standard InChI is InChI=1S/C31H38N2O7/c1-20(23-6-8-26-24(17-23)11-13-39-26)32(18-21-3-5-25(15-21)31(36)37)19-22-4-7-27(28(16-22)38-2)40-14-12-33-29(34)9-10-30(33)35/h4,6-8,16-17,20-21,25H,3,5,9-15,18-19H2,1-2H3,(H,36,37)/t20-,21?,25-/m0/s1. The highest BCUT2D eigenvalue weighted by Crippen LogP contribution is 2.36. The number of benzene rings is 2. The molecule has 0 bridgehead atoms. The zero-order valence-corrected chi connectivity index (χ0v) is 23.3. The number of ether oxygens (including phenoxy) is 3. The van der Waals surface area contributed by atoms with Gasteiger partial charge in [-0.3, -0.25) is 24.2 Å². The molecule has 2 aromatic rings. The minimum Gasteiger partial charge on any atom is -0.493 e. The first kappa shape index (κ1) is 28.0. The molecule has 2 fully saturated rings. The molecule has 2 amide bonds. The van der Waals surface area contributed by atoms with Crippen LogP contribution in [0, 0.1) is 11.8 Å². The summed E-state index contributed by atoms with van der Waals surface area (Å²) in [5.41, 5.74) is 3.50. The van der Waals surface area contributed by atoms with Gasteiger partial charge in [-0.05, 0) is 67.0 Å². The second kappa shape index (κ2) is 12.3. The molecule has 3 aliphatic rings. The molecule has 9 nitrogen and oxygen atoms in total. The molecule has 3 atom stereocenters. The summed E-state index contributed by atoms with van der Waals surface area (Å²) in [5, 5.41) is 9.52. The van der Waals surface area contributed by atoms with Gasteiger partial charge in [-0.2, -0.15) is 0 Å². The summed E-state index contributed by atoms with van der Waals surface area (Å²) in [6.07, 6.45) is 3.79. The SMILES string of the molecule is COc1cc(CN(CC2CC[C@H](C(=O)O)C2)[C@@H](C)c2ccc3c(c2)CCO3)ccc1OCCN1C(=O)CCC1=O. The van der Waals surface area contributed by atoms with Crippen molar-refractivity contribution in [1.82, 2.24) is 9.80 Å². The van der Waals surface area contributed by atoms with Crippen LogP contribution in [0.4, 0.5) is 0 Å². The van der Waals surface area contributed by atoms with Crippen molar-refractivity contribution in [2.24, 2.45) is 11.8 Å². The van der Waals surface area contributed by atoms with Crippen LogP contribution in [0.3, 0.4) is 0 Å². The Morgan fingerprint density at radius 2 is 1.90 bits per heavy atom. The summed E-state index contributed by atoms with van der Waals surface area (Å²) in [6.45, 7) is 4.81. The van der Waals surface area contributed by atoms with Crippen LogP contribution in [-0.2, 0) is 27.3 Å². The number of hydrogen-bond acceptors (Lipinski definition) is 7. The monoisotopic (exact) mass is 550 g/mol. The van der Waals surface area contributed by atoms with Crippen molar-refractivity contribution >= 4 is 17.8 Å². The first-order chi connectivity index (χ1) is 19.3. The van der Waals surface area contributed by atoms with Gasteiger partial charge in [0.25, 0.3) is 0 Å². The molecule has 1 unspecified atom stereocenters. The third-order valence-corrected chi connectivity index (χ3v) is 8.47. The smallest absolute Gasteiger partial charge is 0.306 e. The lowest BCUT2D eigenvalue weighted by Gasteiger charge is -2.32. The second-order valence-electron chi connectivity index (χ2n) is 11.1. The normalized spacial score (nSPS) is 21.0. The number of carboxylic acids is 1. The minimum atomic E-state index is -0.695. The number of carbonyl (C=O) groups is 3. The number of imide groups is 1. The van der Waals surface area contributed by atoms with Crippen molar-refractivity contribution in [2.75, 3.05) is 33.4 Å². The average Bonchev–Trinajstić information content (AvgIpc) is 3.69. The Morgan fingerprint density at radius 3 is 2.62 bits per heavy atom. The van der Waals surface area contributed by atoms with Crippen LogP contribution in [-0.4, -0.2) is 66.1 Å². The first-order valence-electron chi connectivity index (χ1n) is 14.2. The van der Waals surface area contributed by atoms with E-state index in [0.29, 0.717) is 37.0 Å². The number of carboxylic acid groups (broad SMARTS) is 1. The second-order valence-corrected chi connectivity index (χ2v) is 11.1. The van der Waals surface area contributed by atoms with Gasteiger partial charge >= 0.3 is 5.97 Å².